The molecule has 2 amide bonds. The van der Waals surface area contributed by atoms with Crippen LogP contribution in [-0.4, -0.2) is 61.9 Å². The number of hydrogen-bond donors (Lipinski definition) is 3. The molecule has 1 aliphatic rings. The Hall–Kier alpha value is -0.0800. The molecule has 23 heavy (non-hydrogen) atoms. The van der Waals surface area contributed by atoms with Gasteiger partial charge in [-0.15, -0.1) is 0 Å². The monoisotopic (exact) mass is 406 g/mol. The Morgan fingerprint density at radius 1 is 1.39 bits per heavy atom. The predicted molar refractivity (Wildman–Crippen MR) is 93.4 cm³/mol. The van der Waals surface area contributed by atoms with Crippen molar-refractivity contribution in [1.29, 1.82) is 0 Å². The van der Waals surface area contributed by atoms with Crippen molar-refractivity contribution in [3.05, 3.63) is 0 Å². The lowest BCUT2D eigenvalue weighted by Gasteiger charge is -2.48. The van der Waals surface area contributed by atoms with Crippen molar-refractivity contribution in [2.75, 3.05) is 19.6 Å². The number of amides is 2. The molecule has 2 N–H and O–H groups in total. The van der Waals surface area contributed by atoms with Crippen LogP contribution in [0.2, 0.25) is 0 Å². The molecule has 1 unspecified atom stereocenters. The van der Waals surface area contributed by atoms with Gasteiger partial charge in [0.1, 0.15) is 10.9 Å². The number of β-amino-alcohol motifs (C(OH)–C–C–N with tert-alkyl or cyclic N) is 1. The Kier molecular flexibility index (Phi) is 6.78. The first-order chi connectivity index (χ1) is 10.3. The molecule has 1 rings (SSSR count). The first kappa shape index (κ1) is 21.0. The van der Waals surface area contributed by atoms with Gasteiger partial charge < -0.3 is 20.1 Å². The summed E-state index contributed by atoms with van der Waals surface area (Å²) in [5, 5.41) is 12.1. The molecule has 1 fully saturated rings. The molecule has 0 saturated carbocycles. The molecule has 0 aromatic heterocycles. The van der Waals surface area contributed by atoms with Gasteiger partial charge in [0.2, 0.25) is 9.70 Å². The van der Waals surface area contributed by atoms with Crippen molar-refractivity contribution in [3.63, 3.8) is 0 Å². The molecule has 10 heteroatoms. The van der Waals surface area contributed by atoms with Gasteiger partial charge >= 0.3 is 6.09 Å². The number of nitrogens with zero attached hydrogens (tertiary/aromatic N) is 1. The number of rotatable bonds is 5. The van der Waals surface area contributed by atoms with E-state index in [0.717, 1.165) is 6.42 Å². The molecule has 0 aromatic carbocycles. The number of halogens is 3. The molecule has 0 bridgehead atoms. The zero-order chi connectivity index (χ0) is 18.1. The second-order valence-electron chi connectivity index (χ2n) is 6.03. The lowest BCUT2D eigenvalue weighted by Crippen LogP contribution is -2.70. The van der Waals surface area contributed by atoms with Gasteiger partial charge in [0.15, 0.2) is 5.60 Å². The van der Waals surface area contributed by atoms with Crippen LogP contribution in [0.3, 0.4) is 0 Å². The smallest absolute Gasteiger partial charge is 0.410 e. The van der Waals surface area contributed by atoms with Gasteiger partial charge in [0, 0.05) is 6.54 Å². The van der Waals surface area contributed by atoms with Crippen LogP contribution in [0.25, 0.3) is 0 Å². The summed E-state index contributed by atoms with van der Waals surface area (Å²) in [7, 11) is 0. The maximum absolute atomic E-state index is 12.0. The second-order valence-corrected chi connectivity index (χ2v) is 8.83. The number of carbonyl (C=O) groups excluding carboxylic acids is 2. The maximum atomic E-state index is 12.0. The summed E-state index contributed by atoms with van der Waals surface area (Å²) < 4.78 is 3.36. The van der Waals surface area contributed by atoms with Crippen LogP contribution in [-0.2, 0) is 9.53 Å². The molecule has 6 nitrogen and oxygen atoms in total. The fourth-order valence-corrected chi connectivity index (χ4v) is 2.22. The summed E-state index contributed by atoms with van der Waals surface area (Å²) in [6.45, 7) is 5.16. The Morgan fingerprint density at radius 2 is 1.91 bits per heavy atom. The molecule has 0 spiro atoms. The minimum atomic E-state index is -1.80. The first-order valence-corrected chi connectivity index (χ1v) is 8.72. The fourth-order valence-electron chi connectivity index (χ4n) is 1.85. The molecule has 134 valence electrons. The zero-order valence-electron chi connectivity index (χ0n) is 13.1. The molecule has 0 aliphatic carbocycles. The predicted octanol–water partition coefficient (Wildman–Crippen LogP) is 2.14. The van der Waals surface area contributed by atoms with E-state index in [0.29, 0.717) is 6.54 Å². The summed E-state index contributed by atoms with van der Waals surface area (Å²) in [6.07, 6.45) is 0.0374. The van der Waals surface area contributed by atoms with Crippen LogP contribution in [0.5, 0.6) is 0 Å². The average molecular weight is 408 g/mol. The molecule has 1 aliphatic heterocycles. The summed E-state index contributed by atoms with van der Waals surface area (Å²) in [6, 6.07) is 0. The number of aliphatic hydroxyl groups is 1. The van der Waals surface area contributed by atoms with Crippen LogP contribution in [0, 0.1) is 0 Å². The highest BCUT2D eigenvalue weighted by Crippen LogP contribution is 2.41. The van der Waals surface area contributed by atoms with Crippen LogP contribution >= 0.6 is 47.4 Å². The van der Waals surface area contributed by atoms with E-state index < -0.39 is 26.3 Å². The number of likely N-dealkylation sites (tertiary alicyclic amines) is 1. The Labute approximate surface area is 156 Å². The van der Waals surface area contributed by atoms with Gasteiger partial charge in [0.25, 0.3) is 0 Å². The van der Waals surface area contributed by atoms with Crippen molar-refractivity contribution < 1.29 is 19.4 Å². The largest absolute Gasteiger partial charge is 0.439 e. The minimum Gasteiger partial charge on any atom is -0.439 e. The van der Waals surface area contributed by atoms with Gasteiger partial charge in [-0.1, -0.05) is 41.7 Å². The highest BCUT2D eigenvalue weighted by molar-refractivity contribution is 7.82. The highest BCUT2D eigenvalue weighted by Gasteiger charge is 2.53. The first-order valence-electron chi connectivity index (χ1n) is 7.07. The van der Waals surface area contributed by atoms with Crippen molar-refractivity contribution >= 4 is 59.4 Å². The average Bonchev–Trinajstić information content (AvgIpc) is 2.38. The third-order valence-electron chi connectivity index (χ3n) is 3.52. The SMILES string of the molecule is CCCNC(=O)C(S)C1(O)CN(C(=O)OC(C)(C)C(Cl)(Cl)Cl)C1. The van der Waals surface area contributed by atoms with Crippen LogP contribution < -0.4 is 5.32 Å². The minimum absolute atomic E-state index is 0.0878. The molecule has 1 atom stereocenters. The summed E-state index contributed by atoms with van der Waals surface area (Å²) in [5.41, 5.74) is -2.76. The van der Waals surface area contributed by atoms with E-state index in [1.54, 1.807) is 0 Å². The van der Waals surface area contributed by atoms with E-state index in [1.807, 2.05) is 6.92 Å². The van der Waals surface area contributed by atoms with E-state index in [4.69, 9.17) is 39.5 Å². The summed E-state index contributed by atoms with van der Waals surface area (Å²) in [4.78, 5) is 25.1. The number of ether oxygens (including phenoxy) is 1. The van der Waals surface area contributed by atoms with E-state index in [2.05, 4.69) is 17.9 Å². The second kappa shape index (κ2) is 7.44. The molecular formula is C13H21Cl3N2O4S. The normalized spacial score (nSPS) is 18.9. The number of alkyl halides is 3. The molecule has 1 saturated heterocycles. The van der Waals surface area contributed by atoms with Gasteiger partial charge in [-0.05, 0) is 20.3 Å². The molecule has 0 radical (unpaired) electrons. The standard InChI is InChI=1S/C13H21Cl3N2O4S/c1-4-5-17-9(19)8(23)12(21)6-18(7-12)10(20)22-11(2,3)13(14,15)16/h8,21,23H,4-7H2,1-3H3,(H,17,19). The lowest BCUT2D eigenvalue weighted by molar-refractivity contribution is -0.135. The Morgan fingerprint density at radius 3 is 2.35 bits per heavy atom. The van der Waals surface area contributed by atoms with Crippen molar-refractivity contribution in [2.24, 2.45) is 0 Å². The Balaban J connectivity index is 2.57. The summed E-state index contributed by atoms with van der Waals surface area (Å²) >= 11 is 21.4. The lowest BCUT2D eigenvalue weighted by atomic mass is 9.90. The van der Waals surface area contributed by atoms with Crippen molar-refractivity contribution in [2.45, 2.75) is 47.4 Å². The van der Waals surface area contributed by atoms with Crippen LogP contribution in [0.15, 0.2) is 0 Å². The number of nitrogens with one attached hydrogen (secondary N) is 1. The van der Waals surface area contributed by atoms with Crippen LogP contribution in [0.1, 0.15) is 27.2 Å². The van der Waals surface area contributed by atoms with Crippen molar-refractivity contribution in [1.82, 2.24) is 10.2 Å². The van der Waals surface area contributed by atoms with E-state index >= 15 is 0 Å². The van der Waals surface area contributed by atoms with E-state index in [9.17, 15) is 14.7 Å². The fraction of sp³-hybridized carbons (Fsp3) is 0.846. The Bertz CT molecular complexity index is 465. The third-order valence-corrected chi connectivity index (χ3v) is 5.60. The maximum Gasteiger partial charge on any atom is 0.410 e. The molecular weight excluding hydrogens is 387 g/mol. The third kappa shape index (κ3) is 4.95. The van der Waals surface area contributed by atoms with Gasteiger partial charge in [-0.2, -0.15) is 12.6 Å². The quantitative estimate of drug-likeness (QED) is 0.482. The molecule has 0 aromatic rings. The summed E-state index contributed by atoms with van der Waals surface area (Å²) in [5.74, 6) is -0.382. The van der Waals surface area contributed by atoms with Crippen LogP contribution in [0.4, 0.5) is 4.79 Å². The van der Waals surface area contributed by atoms with Crippen molar-refractivity contribution in [3.8, 4) is 0 Å². The van der Waals surface area contributed by atoms with Gasteiger partial charge in [0.05, 0.1) is 13.1 Å². The highest BCUT2D eigenvalue weighted by atomic mass is 35.6. The van der Waals surface area contributed by atoms with E-state index in [1.165, 1.54) is 18.7 Å². The zero-order valence-corrected chi connectivity index (χ0v) is 16.3. The molecule has 1 heterocycles. The van der Waals surface area contributed by atoms with Gasteiger partial charge in [-0.3, -0.25) is 4.79 Å². The number of hydrogen-bond acceptors (Lipinski definition) is 5. The van der Waals surface area contributed by atoms with E-state index in [-0.39, 0.29) is 19.0 Å². The number of thiol groups is 1. The number of carbonyl (C=O) groups is 2. The van der Waals surface area contributed by atoms with Gasteiger partial charge in [-0.25, -0.2) is 4.79 Å². The topological polar surface area (TPSA) is 78.9 Å².